The third-order valence-electron chi connectivity index (χ3n) is 4.65. The van der Waals surface area contributed by atoms with Crippen LogP contribution in [0.5, 0.6) is 0 Å². The molecule has 136 valence electrons. The minimum atomic E-state index is -0.653. The van der Waals surface area contributed by atoms with Gasteiger partial charge in [0.25, 0.3) is 0 Å². The summed E-state index contributed by atoms with van der Waals surface area (Å²) in [6.45, 7) is 0.765. The van der Waals surface area contributed by atoms with Gasteiger partial charge in [-0.2, -0.15) is 0 Å². The van der Waals surface area contributed by atoms with Crippen LogP contribution in [-0.2, 0) is 27.4 Å². The van der Waals surface area contributed by atoms with E-state index >= 15 is 0 Å². The molecule has 1 saturated heterocycles. The zero-order valence-corrected chi connectivity index (χ0v) is 14.7. The Labute approximate surface area is 153 Å². The van der Waals surface area contributed by atoms with Crippen molar-refractivity contribution in [1.29, 1.82) is 0 Å². The van der Waals surface area contributed by atoms with Crippen LogP contribution < -0.4 is 5.73 Å². The van der Waals surface area contributed by atoms with Gasteiger partial charge in [0.2, 0.25) is 5.91 Å². The maximum Gasteiger partial charge on any atom is 0.329 e. The van der Waals surface area contributed by atoms with E-state index in [1.165, 1.54) is 0 Å². The van der Waals surface area contributed by atoms with Crippen molar-refractivity contribution in [3.8, 4) is 0 Å². The third-order valence-corrected chi connectivity index (χ3v) is 4.65. The molecule has 1 fully saturated rings. The van der Waals surface area contributed by atoms with Gasteiger partial charge in [0.1, 0.15) is 12.6 Å². The maximum atomic E-state index is 12.7. The molecule has 1 amide bonds. The lowest BCUT2D eigenvalue weighted by atomic mass is 10.1. The number of hydrogen-bond donors (Lipinski definition) is 1. The molecule has 0 unspecified atom stereocenters. The molecular formula is C21H24N2O3. The molecule has 2 N–H and O–H groups in total. The molecule has 0 radical (unpaired) electrons. The lowest BCUT2D eigenvalue weighted by Crippen LogP contribution is -2.49. The number of benzene rings is 2. The summed E-state index contributed by atoms with van der Waals surface area (Å²) >= 11 is 0. The Morgan fingerprint density at radius 3 is 2.31 bits per heavy atom. The molecule has 0 aliphatic carbocycles. The Bertz CT molecular complexity index is 733. The number of carbonyl (C=O) groups is 2. The first-order valence-corrected chi connectivity index (χ1v) is 8.95. The van der Waals surface area contributed by atoms with E-state index in [0.29, 0.717) is 19.4 Å². The minimum Gasteiger partial charge on any atom is -0.459 e. The SMILES string of the molecule is N[C@H](Cc1ccccc1)C(=O)N1CCC[C@H]1C(=O)OCc1ccccc1. The summed E-state index contributed by atoms with van der Waals surface area (Å²) in [5.41, 5.74) is 8.05. The topological polar surface area (TPSA) is 72.6 Å². The van der Waals surface area contributed by atoms with E-state index in [0.717, 1.165) is 17.5 Å². The zero-order valence-electron chi connectivity index (χ0n) is 14.7. The number of likely N-dealkylation sites (tertiary alicyclic amines) is 1. The van der Waals surface area contributed by atoms with Crippen molar-refractivity contribution in [3.63, 3.8) is 0 Å². The molecule has 1 aliphatic rings. The first-order valence-electron chi connectivity index (χ1n) is 8.95. The molecule has 1 aliphatic heterocycles. The average Bonchev–Trinajstić information content (AvgIpc) is 3.17. The predicted molar refractivity (Wildman–Crippen MR) is 99.1 cm³/mol. The number of amides is 1. The summed E-state index contributed by atoms with van der Waals surface area (Å²) in [5, 5.41) is 0. The Kier molecular flexibility index (Phi) is 6.02. The maximum absolute atomic E-state index is 12.7. The van der Waals surface area contributed by atoms with E-state index in [4.69, 9.17) is 10.5 Å². The zero-order chi connectivity index (χ0) is 18.4. The average molecular weight is 352 g/mol. The van der Waals surface area contributed by atoms with Crippen LogP contribution >= 0.6 is 0 Å². The molecule has 0 aromatic heterocycles. The number of nitrogens with zero attached hydrogens (tertiary/aromatic N) is 1. The van der Waals surface area contributed by atoms with Gasteiger partial charge in [-0.15, -0.1) is 0 Å². The molecule has 0 bridgehead atoms. The summed E-state index contributed by atoms with van der Waals surface area (Å²) in [5.74, 6) is -0.542. The highest BCUT2D eigenvalue weighted by Gasteiger charge is 2.37. The van der Waals surface area contributed by atoms with E-state index < -0.39 is 12.1 Å². The fourth-order valence-electron chi connectivity index (χ4n) is 3.27. The fraction of sp³-hybridized carbons (Fsp3) is 0.333. The Balaban J connectivity index is 1.58. The number of hydrogen-bond acceptors (Lipinski definition) is 4. The highest BCUT2D eigenvalue weighted by molar-refractivity contribution is 5.88. The van der Waals surface area contributed by atoms with E-state index in [2.05, 4.69) is 0 Å². The predicted octanol–water partition coefficient (Wildman–Crippen LogP) is 2.29. The van der Waals surface area contributed by atoms with Crippen LogP contribution in [0.25, 0.3) is 0 Å². The number of nitrogens with two attached hydrogens (primary N) is 1. The molecule has 5 heteroatoms. The highest BCUT2D eigenvalue weighted by Crippen LogP contribution is 2.20. The van der Waals surface area contributed by atoms with Crippen LogP contribution in [0.1, 0.15) is 24.0 Å². The Morgan fingerprint density at radius 2 is 1.65 bits per heavy atom. The van der Waals surface area contributed by atoms with Gasteiger partial charge in [0, 0.05) is 6.54 Å². The summed E-state index contributed by atoms with van der Waals surface area (Å²) in [6.07, 6.45) is 1.87. The number of rotatable bonds is 6. The van der Waals surface area contributed by atoms with Crippen molar-refractivity contribution >= 4 is 11.9 Å². The smallest absolute Gasteiger partial charge is 0.329 e. The summed E-state index contributed by atoms with van der Waals surface area (Å²) in [7, 11) is 0. The van der Waals surface area contributed by atoms with Gasteiger partial charge in [-0.25, -0.2) is 4.79 Å². The van der Waals surface area contributed by atoms with E-state index in [-0.39, 0.29) is 18.5 Å². The normalized spacial score (nSPS) is 17.7. The van der Waals surface area contributed by atoms with Gasteiger partial charge in [-0.1, -0.05) is 60.7 Å². The number of ether oxygens (including phenoxy) is 1. The molecule has 3 rings (SSSR count). The van der Waals surface area contributed by atoms with Crippen molar-refractivity contribution in [2.45, 2.75) is 38.0 Å². The van der Waals surface area contributed by atoms with E-state index in [9.17, 15) is 9.59 Å². The first kappa shape index (κ1) is 18.1. The van der Waals surface area contributed by atoms with Crippen LogP contribution in [0.3, 0.4) is 0 Å². The molecule has 2 aromatic rings. The lowest BCUT2D eigenvalue weighted by Gasteiger charge is -2.26. The minimum absolute atomic E-state index is 0.187. The molecule has 2 atom stereocenters. The molecule has 0 saturated carbocycles. The van der Waals surface area contributed by atoms with Crippen molar-refractivity contribution in [3.05, 3.63) is 71.8 Å². The van der Waals surface area contributed by atoms with Gasteiger partial charge in [-0.3, -0.25) is 4.79 Å². The van der Waals surface area contributed by atoms with Crippen LogP contribution in [0.15, 0.2) is 60.7 Å². The van der Waals surface area contributed by atoms with Crippen LogP contribution in [0, 0.1) is 0 Å². The lowest BCUT2D eigenvalue weighted by molar-refractivity contribution is -0.154. The van der Waals surface area contributed by atoms with Crippen molar-refractivity contribution < 1.29 is 14.3 Å². The number of esters is 1. The second-order valence-electron chi connectivity index (χ2n) is 6.58. The summed E-state index contributed by atoms with van der Waals surface area (Å²) < 4.78 is 5.42. The van der Waals surface area contributed by atoms with Crippen molar-refractivity contribution in [1.82, 2.24) is 4.90 Å². The quantitative estimate of drug-likeness (QED) is 0.810. The van der Waals surface area contributed by atoms with Crippen LogP contribution in [-0.4, -0.2) is 35.4 Å². The Hall–Kier alpha value is -2.66. The van der Waals surface area contributed by atoms with E-state index in [1.54, 1.807) is 4.90 Å². The number of carbonyl (C=O) groups excluding carboxylic acids is 2. The van der Waals surface area contributed by atoms with Crippen LogP contribution in [0.2, 0.25) is 0 Å². The standard InChI is InChI=1S/C21H24N2O3/c22-18(14-16-8-3-1-4-9-16)20(24)23-13-7-12-19(23)21(25)26-15-17-10-5-2-6-11-17/h1-6,8-11,18-19H,7,12-15,22H2/t18-,19+/m1/s1. The van der Waals surface area contributed by atoms with Crippen molar-refractivity contribution in [2.24, 2.45) is 5.73 Å². The van der Waals surface area contributed by atoms with Crippen molar-refractivity contribution in [2.75, 3.05) is 6.54 Å². The highest BCUT2D eigenvalue weighted by atomic mass is 16.5. The molecule has 0 spiro atoms. The molecule has 5 nitrogen and oxygen atoms in total. The van der Waals surface area contributed by atoms with Gasteiger partial charge in [-0.05, 0) is 30.4 Å². The third kappa shape index (κ3) is 4.49. The van der Waals surface area contributed by atoms with E-state index in [1.807, 2.05) is 60.7 Å². The van der Waals surface area contributed by atoms with Gasteiger partial charge < -0.3 is 15.4 Å². The largest absolute Gasteiger partial charge is 0.459 e. The monoisotopic (exact) mass is 352 g/mol. The molecular weight excluding hydrogens is 328 g/mol. The molecule has 1 heterocycles. The summed E-state index contributed by atoms with van der Waals surface area (Å²) in [4.78, 5) is 26.8. The summed E-state index contributed by atoms with van der Waals surface area (Å²) in [6, 6.07) is 18.0. The van der Waals surface area contributed by atoms with Gasteiger partial charge >= 0.3 is 5.97 Å². The molecule has 26 heavy (non-hydrogen) atoms. The van der Waals surface area contributed by atoms with Gasteiger partial charge in [0.15, 0.2) is 0 Å². The van der Waals surface area contributed by atoms with Crippen LogP contribution in [0.4, 0.5) is 0 Å². The first-order chi connectivity index (χ1) is 12.6. The second-order valence-corrected chi connectivity index (χ2v) is 6.58. The Morgan fingerprint density at radius 1 is 1.04 bits per heavy atom. The molecule has 2 aromatic carbocycles. The van der Waals surface area contributed by atoms with Gasteiger partial charge in [0.05, 0.1) is 6.04 Å². The fourth-order valence-corrected chi connectivity index (χ4v) is 3.27. The second kappa shape index (κ2) is 8.63.